The number of aromatic hydroxyl groups is 1. The number of halogens is 1. The molecule has 2 aromatic heterocycles. The van der Waals surface area contributed by atoms with E-state index < -0.39 is 6.17 Å². The number of rotatable bonds is 5. The molecule has 4 rings (SSSR count). The van der Waals surface area contributed by atoms with Gasteiger partial charge < -0.3 is 14.6 Å². The molecular formula is C23H29FN6O. The first-order valence-electron chi connectivity index (χ1n) is 10.8. The molecule has 0 saturated heterocycles. The number of imidazole rings is 1. The molecule has 164 valence electrons. The van der Waals surface area contributed by atoms with E-state index in [-0.39, 0.29) is 17.2 Å². The number of nitrogens with zero attached hydrogens (tertiary/aromatic N) is 6. The minimum Gasteiger partial charge on any atom is -0.507 e. The summed E-state index contributed by atoms with van der Waals surface area (Å²) in [6, 6.07) is 5.00. The lowest BCUT2D eigenvalue weighted by atomic mass is 9.79. The molecule has 0 amide bonds. The highest BCUT2D eigenvalue weighted by atomic mass is 19.1. The lowest BCUT2D eigenvalue weighted by Crippen LogP contribution is -2.42. The predicted molar refractivity (Wildman–Crippen MR) is 118 cm³/mol. The van der Waals surface area contributed by atoms with E-state index in [9.17, 15) is 9.50 Å². The largest absolute Gasteiger partial charge is 0.507 e. The van der Waals surface area contributed by atoms with Crippen molar-refractivity contribution in [2.24, 2.45) is 5.41 Å². The van der Waals surface area contributed by atoms with Gasteiger partial charge in [-0.3, -0.25) is 0 Å². The van der Waals surface area contributed by atoms with Crippen LogP contribution in [0.15, 0.2) is 43.1 Å². The van der Waals surface area contributed by atoms with Gasteiger partial charge in [0.05, 0.1) is 24.3 Å². The molecule has 0 unspecified atom stereocenters. The Labute approximate surface area is 182 Å². The fourth-order valence-corrected chi connectivity index (χ4v) is 4.36. The molecule has 0 radical (unpaired) electrons. The molecule has 1 aliphatic carbocycles. The lowest BCUT2D eigenvalue weighted by Gasteiger charge is -2.35. The van der Waals surface area contributed by atoms with Gasteiger partial charge in [-0.1, -0.05) is 20.3 Å². The van der Waals surface area contributed by atoms with Crippen LogP contribution in [-0.2, 0) is 0 Å². The Hall–Kier alpha value is -3.03. The number of alkyl halides is 1. The summed E-state index contributed by atoms with van der Waals surface area (Å²) in [6.07, 6.45) is 10.1. The molecule has 31 heavy (non-hydrogen) atoms. The molecule has 1 aromatic carbocycles. The molecular weight excluding hydrogens is 395 g/mol. The summed E-state index contributed by atoms with van der Waals surface area (Å²) in [5.41, 5.74) is 1.91. The fourth-order valence-electron chi connectivity index (χ4n) is 4.36. The summed E-state index contributed by atoms with van der Waals surface area (Å²) >= 11 is 0. The van der Waals surface area contributed by atoms with Crippen molar-refractivity contribution in [1.29, 1.82) is 0 Å². The van der Waals surface area contributed by atoms with Gasteiger partial charge in [0.1, 0.15) is 17.6 Å². The van der Waals surface area contributed by atoms with Crippen molar-refractivity contribution in [3.63, 3.8) is 0 Å². The Morgan fingerprint density at radius 1 is 1.32 bits per heavy atom. The van der Waals surface area contributed by atoms with E-state index >= 15 is 0 Å². The van der Waals surface area contributed by atoms with Crippen molar-refractivity contribution in [2.75, 3.05) is 11.9 Å². The van der Waals surface area contributed by atoms with E-state index in [0.29, 0.717) is 23.6 Å². The van der Waals surface area contributed by atoms with Crippen molar-refractivity contribution >= 4 is 5.95 Å². The first-order chi connectivity index (χ1) is 14.9. The van der Waals surface area contributed by atoms with Crippen molar-refractivity contribution in [3.8, 4) is 22.7 Å². The third kappa shape index (κ3) is 4.38. The monoisotopic (exact) mass is 424 g/mol. The third-order valence-electron chi connectivity index (χ3n) is 6.66. The summed E-state index contributed by atoms with van der Waals surface area (Å²) in [7, 11) is 1.84. The van der Waals surface area contributed by atoms with Crippen LogP contribution in [0, 0.1) is 5.41 Å². The van der Waals surface area contributed by atoms with Gasteiger partial charge in [0, 0.05) is 31.1 Å². The summed E-state index contributed by atoms with van der Waals surface area (Å²) in [5, 5.41) is 19.0. The quantitative estimate of drug-likeness (QED) is 0.605. The molecule has 8 heteroatoms. The Morgan fingerprint density at radius 2 is 2.16 bits per heavy atom. The summed E-state index contributed by atoms with van der Waals surface area (Å²) < 4.78 is 16.7. The Kier molecular flexibility index (Phi) is 5.89. The fraction of sp³-hybridized carbons (Fsp3) is 0.478. The maximum absolute atomic E-state index is 14.9. The number of phenols is 1. The maximum Gasteiger partial charge on any atom is 0.245 e. The maximum atomic E-state index is 14.9. The lowest BCUT2D eigenvalue weighted by molar-refractivity contribution is 0.213. The van der Waals surface area contributed by atoms with E-state index in [0.717, 1.165) is 31.4 Å². The molecule has 1 N–H and O–H groups in total. The third-order valence-corrected chi connectivity index (χ3v) is 6.66. The Bertz CT molecular complexity index is 1010. The molecule has 1 fully saturated rings. The van der Waals surface area contributed by atoms with E-state index in [1.807, 2.05) is 18.0 Å². The van der Waals surface area contributed by atoms with Gasteiger partial charge in [0.15, 0.2) is 0 Å². The van der Waals surface area contributed by atoms with Crippen LogP contribution in [0.3, 0.4) is 0 Å². The highest BCUT2D eigenvalue weighted by molar-refractivity contribution is 5.68. The number of phenolic OH excluding ortho intramolecular Hbond substituents is 1. The highest BCUT2D eigenvalue weighted by Gasteiger charge is 2.37. The molecule has 7 nitrogen and oxygen atoms in total. The van der Waals surface area contributed by atoms with E-state index in [4.69, 9.17) is 0 Å². The molecule has 0 aliphatic heterocycles. The van der Waals surface area contributed by atoms with Crippen molar-refractivity contribution < 1.29 is 9.50 Å². The van der Waals surface area contributed by atoms with Crippen LogP contribution in [0.1, 0.15) is 46.0 Å². The predicted octanol–water partition coefficient (Wildman–Crippen LogP) is 4.56. The smallest absolute Gasteiger partial charge is 0.245 e. The Morgan fingerprint density at radius 3 is 2.81 bits per heavy atom. The number of benzene rings is 1. The van der Waals surface area contributed by atoms with Crippen LogP contribution >= 0.6 is 0 Å². The molecule has 2 heterocycles. The van der Waals surface area contributed by atoms with E-state index in [1.165, 1.54) is 0 Å². The number of aromatic nitrogens is 5. The summed E-state index contributed by atoms with van der Waals surface area (Å²) in [4.78, 5) is 10.3. The Balaban J connectivity index is 1.55. The van der Waals surface area contributed by atoms with Crippen LogP contribution in [-0.4, -0.2) is 49.1 Å². The van der Waals surface area contributed by atoms with Crippen molar-refractivity contribution in [3.05, 3.63) is 43.1 Å². The average molecular weight is 425 g/mol. The highest BCUT2D eigenvalue weighted by Crippen LogP contribution is 2.40. The summed E-state index contributed by atoms with van der Waals surface area (Å²) in [6.45, 7) is 4.41. The minimum absolute atomic E-state index is 0.0784. The standard InChI is InChI=1S/C23H29FN6O/c1-4-23(2)9-5-6-18(24)20(13-23)29(3)22-26-14-19(27-28-22)17-8-7-16(12-21(17)31)30-11-10-25-15-30/h7-8,10-12,14-15,18,20,31H,4-6,9,13H2,1-3H3/t18-,20+,23+/m0/s1. The second-order valence-corrected chi connectivity index (χ2v) is 8.77. The number of hydrogen-bond acceptors (Lipinski definition) is 6. The zero-order valence-electron chi connectivity index (χ0n) is 18.2. The number of anilines is 1. The molecule has 3 aromatic rings. The minimum atomic E-state index is -0.915. The van der Waals surface area contributed by atoms with Gasteiger partial charge in [0.2, 0.25) is 5.95 Å². The topological polar surface area (TPSA) is 80.0 Å². The zero-order chi connectivity index (χ0) is 22.0. The average Bonchev–Trinajstić information content (AvgIpc) is 3.27. The van der Waals surface area contributed by atoms with Gasteiger partial charge in [-0.25, -0.2) is 14.4 Å². The van der Waals surface area contributed by atoms with Crippen LogP contribution < -0.4 is 4.90 Å². The van der Waals surface area contributed by atoms with Crippen LogP contribution in [0.4, 0.5) is 10.3 Å². The second kappa shape index (κ2) is 8.61. The second-order valence-electron chi connectivity index (χ2n) is 8.77. The molecule has 1 saturated carbocycles. The van der Waals surface area contributed by atoms with Crippen LogP contribution in [0.25, 0.3) is 16.9 Å². The van der Waals surface area contributed by atoms with Crippen molar-refractivity contribution in [1.82, 2.24) is 24.7 Å². The molecule has 0 spiro atoms. The normalized spacial score (nSPS) is 24.0. The SMILES string of the molecule is CC[C@]1(C)CCC[C@H](F)[C@H](N(C)c2ncc(-c3ccc(-n4ccnc4)cc3O)nn2)C1. The van der Waals surface area contributed by atoms with Gasteiger partial charge >= 0.3 is 0 Å². The van der Waals surface area contributed by atoms with Gasteiger partial charge in [-0.2, -0.15) is 0 Å². The first-order valence-corrected chi connectivity index (χ1v) is 10.8. The first kappa shape index (κ1) is 21.2. The number of hydrogen-bond donors (Lipinski definition) is 1. The molecule has 0 bridgehead atoms. The zero-order valence-corrected chi connectivity index (χ0v) is 18.2. The summed E-state index contributed by atoms with van der Waals surface area (Å²) in [5.74, 6) is 0.473. The van der Waals surface area contributed by atoms with E-state index in [2.05, 4.69) is 34.0 Å². The molecule has 3 atom stereocenters. The van der Waals surface area contributed by atoms with Crippen LogP contribution in [0.2, 0.25) is 0 Å². The van der Waals surface area contributed by atoms with Crippen LogP contribution in [0.5, 0.6) is 5.75 Å². The molecule has 1 aliphatic rings. The van der Waals surface area contributed by atoms with Gasteiger partial charge in [-0.15, -0.1) is 10.2 Å². The van der Waals surface area contributed by atoms with Gasteiger partial charge in [-0.05, 0) is 43.2 Å². The van der Waals surface area contributed by atoms with Gasteiger partial charge in [0.25, 0.3) is 0 Å². The van der Waals surface area contributed by atoms with E-state index in [1.54, 1.807) is 41.6 Å². The van der Waals surface area contributed by atoms with Crippen molar-refractivity contribution in [2.45, 2.75) is 58.2 Å².